The summed E-state index contributed by atoms with van der Waals surface area (Å²) < 4.78 is 32.5. The molecule has 26 heavy (non-hydrogen) atoms. The highest BCUT2D eigenvalue weighted by Crippen LogP contribution is 2.23. The van der Waals surface area contributed by atoms with E-state index in [1.54, 1.807) is 24.3 Å². The fourth-order valence-corrected chi connectivity index (χ4v) is 3.68. The molecule has 0 saturated carbocycles. The van der Waals surface area contributed by atoms with Crippen molar-refractivity contribution in [3.63, 3.8) is 0 Å². The number of amides is 1. The van der Waals surface area contributed by atoms with Crippen molar-refractivity contribution in [2.75, 3.05) is 0 Å². The Morgan fingerprint density at radius 1 is 1.15 bits per heavy atom. The third-order valence-corrected chi connectivity index (χ3v) is 5.26. The minimum Gasteiger partial charge on any atom is -0.423 e. The second-order valence-electron chi connectivity index (χ2n) is 5.61. The van der Waals surface area contributed by atoms with Gasteiger partial charge in [0.25, 0.3) is 10.0 Å². The molecule has 0 aliphatic heterocycles. The largest absolute Gasteiger partial charge is 0.423 e. The van der Waals surface area contributed by atoms with Gasteiger partial charge in [-0.05, 0) is 30.2 Å². The maximum absolute atomic E-state index is 12.6. The van der Waals surface area contributed by atoms with Gasteiger partial charge in [0.2, 0.25) is 18.2 Å². The molecule has 2 aromatic carbocycles. The van der Waals surface area contributed by atoms with Crippen LogP contribution in [0.2, 0.25) is 0 Å². The van der Waals surface area contributed by atoms with Gasteiger partial charge in [-0.15, -0.1) is 10.2 Å². The number of benzene rings is 2. The van der Waals surface area contributed by atoms with Crippen LogP contribution in [0.4, 0.5) is 0 Å². The van der Waals surface area contributed by atoms with Gasteiger partial charge in [0.15, 0.2) is 0 Å². The summed E-state index contributed by atoms with van der Waals surface area (Å²) in [5.74, 6) is -0.920. The van der Waals surface area contributed by atoms with Gasteiger partial charge in [0.1, 0.15) is 0 Å². The number of carbonyl (C=O) groups is 1. The van der Waals surface area contributed by atoms with Crippen LogP contribution in [0.25, 0.3) is 11.5 Å². The molecule has 0 spiro atoms. The van der Waals surface area contributed by atoms with Crippen LogP contribution in [0.5, 0.6) is 0 Å². The molecule has 0 unspecified atom stereocenters. The molecule has 0 aliphatic carbocycles. The first kappa shape index (κ1) is 17.8. The topological polar surface area (TPSA) is 102 Å². The average molecular weight is 371 g/mol. The van der Waals surface area contributed by atoms with Crippen molar-refractivity contribution in [1.82, 2.24) is 14.9 Å². The zero-order valence-corrected chi connectivity index (χ0v) is 14.8. The first-order valence-corrected chi connectivity index (χ1v) is 9.48. The van der Waals surface area contributed by atoms with Crippen LogP contribution in [0, 0.1) is 0 Å². The summed E-state index contributed by atoms with van der Waals surface area (Å²) in [4.78, 5) is 12.5. The van der Waals surface area contributed by atoms with E-state index in [1.807, 2.05) is 25.1 Å². The van der Waals surface area contributed by atoms with E-state index in [0.29, 0.717) is 12.0 Å². The minimum absolute atomic E-state index is 0.0514. The summed E-state index contributed by atoms with van der Waals surface area (Å²) in [5, 5.41) is 7.32. The molecular weight excluding hydrogens is 354 g/mol. The molecule has 3 rings (SSSR count). The van der Waals surface area contributed by atoms with Crippen LogP contribution in [0.1, 0.15) is 24.8 Å². The second kappa shape index (κ2) is 7.49. The quantitative estimate of drug-likeness (QED) is 0.715. The van der Waals surface area contributed by atoms with Gasteiger partial charge in [-0.1, -0.05) is 43.3 Å². The van der Waals surface area contributed by atoms with E-state index in [0.717, 1.165) is 12.0 Å². The number of hydrogen-bond acceptors (Lipinski definition) is 6. The predicted molar refractivity (Wildman–Crippen MR) is 94.5 cm³/mol. The molecule has 0 aliphatic rings. The lowest BCUT2D eigenvalue weighted by atomic mass is 9.96. The SMILES string of the molecule is CC[C@H](C(=O)NS(=O)(=O)c1cccc(-c2nnco2)c1)c1ccccc1. The zero-order valence-electron chi connectivity index (χ0n) is 14.0. The number of nitrogens with one attached hydrogen (secondary N) is 1. The fourth-order valence-electron chi connectivity index (χ4n) is 2.62. The Hall–Kier alpha value is -3.00. The lowest BCUT2D eigenvalue weighted by Crippen LogP contribution is -2.34. The minimum atomic E-state index is -4.03. The van der Waals surface area contributed by atoms with E-state index in [9.17, 15) is 13.2 Å². The van der Waals surface area contributed by atoms with Gasteiger partial charge in [0, 0.05) is 5.56 Å². The molecule has 0 bridgehead atoms. The van der Waals surface area contributed by atoms with Crippen molar-refractivity contribution >= 4 is 15.9 Å². The van der Waals surface area contributed by atoms with Crippen molar-refractivity contribution in [3.05, 3.63) is 66.6 Å². The van der Waals surface area contributed by atoms with Gasteiger partial charge < -0.3 is 4.42 Å². The smallest absolute Gasteiger partial charge is 0.264 e. The zero-order chi connectivity index (χ0) is 18.6. The summed E-state index contributed by atoms with van der Waals surface area (Å²) in [7, 11) is -4.03. The molecule has 1 atom stereocenters. The third-order valence-electron chi connectivity index (χ3n) is 3.91. The first-order chi connectivity index (χ1) is 12.5. The van der Waals surface area contributed by atoms with Crippen molar-refractivity contribution in [3.8, 4) is 11.5 Å². The summed E-state index contributed by atoms with van der Waals surface area (Å²) >= 11 is 0. The monoisotopic (exact) mass is 371 g/mol. The normalized spacial score (nSPS) is 12.5. The van der Waals surface area contributed by atoms with Gasteiger partial charge in [-0.25, -0.2) is 13.1 Å². The second-order valence-corrected chi connectivity index (χ2v) is 7.30. The van der Waals surface area contributed by atoms with Crippen LogP contribution in [-0.2, 0) is 14.8 Å². The van der Waals surface area contributed by atoms with Crippen LogP contribution in [0.3, 0.4) is 0 Å². The van der Waals surface area contributed by atoms with E-state index < -0.39 is 21.8 Å². The maximum atomic E-state index is 12.6. The Labute approximate surface area is 151 Å². The number of carbonyl (C=O) groups excluding carboxylic acids is 1. The number of nitrogens with zero attached hydrogens (tertiary/aromatic N) is 2. The Kier molecular flexibility index (Phi) is 5.13. The van der Waals surface area contributed by atoms with Crippen molar-refractivity contribution in [2.45, 2.75) is 24.2 Å². The highest BCUT2D eigenvalue weighted by atomic mass is 32.2. The number of aromatic nitrogens is 2. The average Bonchev–Trinajstić information content (AvgIpc) is 3.18. The number of rotatable bonds is 6. The van der Waals surface area contributed by atoms with E-state index >= 15 is 0 Å². The van der Waals surface area contributed by atoms with Crippen LogP contribution in [0.15, 0.2) is 70.3 Å². The molecule has 1 aromatic heterocycles. The standard InChI is InChI=1S/C18H17N3O4S/c1-2-16(13-7-4-3-5-8-13)17(22)21-26(23,24)15-10-6-9-14(11-15)18-20-19-12-25-18/h3-12,16H,2H2,1H3,(H,21,22)/t16-/m0/s1. The molecule has 7 nitrogen and oxygen atoms in total. The van der Waals surface area contributed by atoms with Crippen molar-refractivity contribution in [1.29, 1.82) is 0 Å². The number of sulfonamides is 1. The summed E-state index contributed by atoms with van der Waals surface area (Å²) in [6.45, 7) is 1.83. The fraction of sp³-hybridized carbons (Fsp3) is 0.167. The van der Waals surface area contributed by atoms with E-state index in [-0.39, 0.29) is 10.8 Å². The van der Waals surface area contributed by atoms with Crippen LogP contribution in [-0.4, -0.2) is 24.5 Å². The molecule has 8 heteroatoms. The third kappa shape index (κ3) is 3.80. The molecule has 0 fully saturated rings. The van der Waals surface area contributed by atoms with E-state index in [2.05, 4.69) is 14.9 Å². The molecule has 1 heterocycles. The van der Waals surface area contributed by atoms with Gasteiger partial charge in [0.05, 0.1) is 10.8 Å². The van der Waals surface area contributed by atoms with Gasteiger partial charge in [-0.3, -0.25) is 4.79 Å². The van der Waals surface area contributed by atoms with E-state index in [1.165, 1.54) is 12.1 Å². The molecule has 0 radical (unpaired) electrons. The molecule has 1 N–H and O–H groups in total. The molecule has 3 aromatic rings. The molecular formula is C18H17N3O4S. The Bertz CT molecular complexity index is 986. The highest BCUT2D eigenvalue weighted by Gasteiger charge is 2.25. The Balaban J connectivity index is 1.85. The summed E-state index contributed by atoms with van der Waals surface area (Å²) in [6, 6.07) is 15.0. The van der Waals surface area contributed by atoms with Crippen LogP contribution < -0.4 is 4.72 Å². The summed E-state index contributed by atoms with van der Waals surface area (Å²) in [5.41, 5.74) is 1.22. The number of hydrogen-bond donors (Lipinski definition) is 1. The van der Waals surface area contributed by atoms with Crippen molar-refractivity contribution < 1.29 is 17.6 Å². The van der Waals surface area contributed by atoms with Gasteiger partial charge >= 0.3 is 0 Å². The van der Waals surface area contributed by atoms with Crippen molar-refractivity contribution in [2.24, 2.45) is 0 Å². The predicted octanol–water partition coefficient (Wildman–Crippen LogP) is 2.74. The van der Waals surface area contributed by atoms with Crippen LogP contribution >= 0.6 is 0 Å². The van der Waals surface area contributed by atoms with E-state index in [4.69, 9.17) is 4.42 Å². The maximum Gasteiger partial charge on any atom is 0.264 e. The highest BCUT2D eigenvalue weighted by molar-refractivity contribution is 7.90. The molecule has 134 valence electrons. The molecule has 0 saturated heterocycles. The summed E-state index contributed by atoms with van der Waals surface area (Å²) in [6.07, 6.45) is 1.64. The lowest BCUT2D eigenvalue weighted by Gasteiger charge is -2.15. The lowest BCUT2D eigenvalue weighted by molar-refractivity contribution is -0.120. The first-order valence-electron chi connectivity index (χ1n) is 7.99. The molecule has 1 amide bonds. The Morgan fingerprint density at radius 3 is 2.58 bits per heavy atom. The Morgan fingerprint density at radius 2 is 1.92 bits per heavy atom. The van der Waals surface area contributed by atoms with Gasteiger partial charge in [-0.2, -0.15) is 0 Å².